The van der Waals surface area contributed by atoms with Crippen molar-refractivity contribution in [1.29, 1.82) is 0 Å². The molecule has 1 saturated carbocycles. The molecule has 1 heterocycles. The highest BCUT2D eigenvalue weighted by Gasteiger charge is 2.23. The van der Waals surface area contributed by atoms with Crippen LogP contribution in [0.4, 0.5) is 5.82 Å². The number of hydrogen-bond acceptors (Lipinski definition) is 3. The van der Waals surface area contributed by atoms with Gasteiger partial charge in [0.2, 0.25) is 0 Å². The van der Waals surface area contributed by atoms with E-state index in [2.05, 4.69) is 39.2 Å². The lowest BCUT2D eigenvalue weighted by molar-refractivity contribution is 0.255. The standard InChI is InChI=1S/C14H22BrN3/c1-10-6-13(15)9-18-14(10)17-8-12-5-3-2-4-11(12)7-16/h6,9,11-12H,2-5,7-8,16H2,1H3,(H,17,18). The number of hydrogen-bond donors (Lipinski definition) is 2. The molecule has 0 aliphatic heterocycles. The molecule has 1 aromatic rings. The number of anilines is 1. The number of nitrogens with one attached hydrogen (secondary N) is 1. The van der Waals surface area contributed by atoms with Gasteiger partial charge in [-0.2, -0.15) is 0 Å². The molecule has 3 N–H and O–H groups in total. The summed E-state index contributed by atoms with van der Waals surface area (Å²) in [6, 6.07) is 2.09. The first-order valence-corrected chi connectivity index (χ1v) is 7.56. The van der Waals surface area contributed by atoms with Crippen LogP contribution in [-0.2, 0) is 0 Å². The zero-order chi connectivity index (χ0) is 13.0. The Kier molecular flexibility index (Phi) is 5.01. The van der Waals surface area contributed by atoms with Crippen molar-refractivity contribution >= 4 is 21.7 Å². The Morgan fingerprint density at radius 3 is 2.78 bits per heavy atom. The minimum absolute atomic E-state index is 0.682. The van der Waals surface area contributed by atoms with Gasteiger partial charge in [0.1, 0.15) is 5.82 Å². The van der Waals surface area contributed by atoms with Gasteiger partial charge in [0.15, 0.2) is 0 Å². The highest BCUT2D eigenvalue weighted by molar-refractivity contribution is 9.10. The van der Waals surface area contributed by atoms with E-state index in [-0.39, 0.29) is 0 Å². The predicted octanol–water partition coefficient (Wildman–Crippen LogP) is 3.33. The van der Waals surface area contributed by atoms with Crippen molar-refractivity contribution in [3.63, 3.8) is 0 Å². The molecule has 0 aromatic carbocycles. The third-order valence-corrected chi connectivity index (χ3v) is 4.38. The van der Waals surface area contributed by atoms with Crippen LogP contribution in [0.1, 0.15) is 31.2 Å². The molecule has 18 heavy (non-hydrogen) atoms. The first-order valence-electron chi connectivity index (χ1n) is 6.76. The van der Waals surface area contributed by atoms with Gasteiger partial charge in [0, 0.05) is 17.2 Å². The van der Waals surface area contributed by atoms with Gasteiger partial charge >= 0.3 is 0 Å². The topological polar surface area (TPSA) is 50.9 Å². The Morgan fingerprint density at radius 1 is 1.39 bits per heavy atom. The van der Waals surface area contributed by atoms with Gasteiger partial charge in [0.25, 0.3) is 0 Å². The Hall–Kier alpha value is -0.610. The van der Waals surface area contributed by atoms with Gasteiger partial charge in [-0.25, -0.2) is 4.98 Å². The normalized spacial score (nSPS) is 23.9. The molecule has 0 saturated heterocycles. The van der Waals surface area contributed by atoms with Crippen LogP contribution in [0.25, 0.3) is 0 Å². The van der Waals surface area contributed by atoms with Crippen LogP contribution in [0.2, 0.25) is 0 Å². The smallest absolute Gasteiger partial charge is 0.128 e. The second-order valence-electron chi connectivity index (χ2n) is 5.24. The highest BCUT2D eigenvalue weighted by Crippen LogP contribution is 2.29. The number of pyridine rings is 1. The minimum Gasteiger partial charge on any atom is -0.370 e. The fourth-order valence-electron chi connectivity index (χ4n) is 2.82. The average Bonchev–Trinajstić information content (AvgIpc) is 2.38. The second kappa shape index (κ2) is 6.53. The van der Waals surface area contributed by atoms with E-state index in [1.807, 2.05) is 6.20 Å². The van der Waals surface area contributed by atoms with Crippen LogP contribution >= 0.6 is 15.9 Å². The second-order valence-corrected chi connectivity index (χ2v) is 6.16. The van der Waals surface area contributed by atoms with Gasteiger partial charge in [0.05, 0.1) is 0 Å². The van der Waals surface area contributed by atoms with E-state index in [9.17, 15) is 0 Å². The monoisotopic (exact) mass is 311 g/mol. The summed E-state index contributed by atoms with van der Waals surface area (Å²) in [5.74, 6) is 2.38. The number of nitrogens with zero attached hydrogens (tertiary/aromatic N) is 1. The summed E-state index contributed by atoms with van der Waals surface area (Å²) in [6.07, 6.45) is 7.11. The molecule has 0 radical (unpaired) electrons. The first-order chi connectivity index (χ1) is 8.70. The SMILES string of the molecule is Cc1cc(Br)cnc1NCC1CCCCC1CN. The Labute approximate surface area is 118 Å². The lowest BCUT2D eigenvalue weighted by Gasteiger charge is -2.31. The van der Waals surface area contributed by atoms with E-state index < -0.39 is 0 Å². The Balaban J connectivity index is 1.93. The third-order valence-electron chi connectivity index (χ3n) is 3.95. The molecular weight excluding hydrogens is 290 g/mol. The molecule has 2 rings (SSSR count). The van der Waals surface area contributed by atoms with E-state index in [4.69, 9.17) is 5.73 Å². The number of nitrogens with two attached hydrogens (primary N) is 1. The number of aryl methyl sites for hydroxylation is 1. The molecule has 3 nitrogen and oxygen atoms in total. The average molecular weight is 312 g/mol. The number of halogens is 1. The molecule has 1 aromatic heterocycles. The van der Waals surface area contributed by atoms with Gasteiger partial charge in [-0.15, -0.1) is 0 Å². The zero-order valence-corrected chi connectivity index (χ0v) is 12.5. The van der Waals surface area contributed by atoms with E-state index in [0.29, 0.717) is 11.8 Å². The van der Waals surface area contributed by atoms with Gasteiger partial charge in [-0.3, -0.25) is 0 Å². The highest BCUT2D eigenvalue weighted by atomic mass is 79.9. The summed E-state index contributed by atoms with van der Waals surface area (Å²) < 4.78 is 1.03. The lowest BCUT2D eigenvalue weighted by atomic mass is 9.79. The number of aromatic nitrogens is 1. The van der Waals surface area contributed by atoms with Crippen LogP contribution < -0.4 is 11.1 Å². The van der Waals surface area contributed by atoms with Crippen LogP contribution in [0, 0.1) is 18.8 Å². The quantitative estimate of drug-likeness (QED) is 0.896. The maximum Gasteiger partial charge on any atom is 0.128 e. The van der Waals surface area contributed by atoms with Gasteiger partial charge in [-0.05, 0) is 65.7 Å². The van der Waals surface area contributed by atoms with Crippen molar-refractivity contribution in [2.24, 2.45) is 17.6 Å². The summed E-state index contributed by atoms with van der Waals surface area (Å²) in [4.78, 5) is 4.42. The largest absolute Gasteiger partial charge is 0.370 e. The van der Waals surface area contributed by atoms with Crippen molar-refractivity contribution in [1.82, 2.24) is 4.98 Å². The van der Waals surface area contributed by atoms with Gasteiger partial charge < -0.3 is 11.1 Å². The molecule has 2 atom stereocenters. The van der Waals surface area contributed by atoms with Crippen molar-refractivity contribution in [2.75, 3.05) is 18.4 Å². The lowest BCUT2D eigenvalue weighted by Crippen LogP contribution is -2.31. The summed E-state index contributed by atoms with van der Waals surface area (Å²) in [6.45, 7) is 3.90. The molecule has 100 valence electrons. The molecule has 1 fully saturated rings. The fourth-order valence-corrected chi connectivity index (χ4v) is 3.26. The number of rotatable bonds is 4. The van der Waals surface area contributed by atoms with E-state index in [0.717, 1.165) is 23.4 Å². The summed E-state index contributed by atoms with van der Waals surface area (Å²) in [5.41, 5.74) is 7.05. The molecule has 1 aliphatic rings. The maximum absolute atomic E-state index is 5.86. The molecule has 0 bridgehead atoms. The zero-order valence-electron chi connectivity index (χ0n) is 11.0. The molecular formula is C14H22BrN3. The van der Waals surface area contributed by atoms with Crippen LogP contribution in [0.15, 0.2) is 16.7 Å². The third kappa shape index (κ3) is 3.45. The van der Waals surface area contributed by atoms with Crippen LogP contribution in [0.5, 0.6) is 0 Å². The molecule has 2 unspecified atom stereocenters. The van der Waals surface area contributed by atoms with Crippen molar-refractivity contribution < 1.29 is 0 Å². The summed E-state index contributed by atoms with van der Waals surface area (Å²) in [7, 11) is 0. The molecule has 4 heteroatoms. The fraction of sp³-hybridized carbons (Fsp3) is 0.643. The van der Waals surface area contributed by atoms with Crippen molar-refractivity contribution in [3.8, 4) is 0 Å². The minimum atomic E-state index is 0.682. The van der Waals surface area contributed by atoms with Crippen LogP contribution in [0.3, 0.4) is 0 Å². The van der Waals surface area contributed by atoms with Crippen LogP contribution in [-0.4, -0.2) is 18.1 Å². The van der Waals surface area contributed by atoms with Gasteiger partial charge in [-0.1, -0.05) is 12.8 Å². The van der Waals surface area contributed by atoms with E-state index >= 15 is 0 Å². The van der Waals surface area contributed by atoms with E-state index in [1.165, 1.54) is 31.2 Å². The Bertz CT molecular complexity index is 395. The van der Waals surface area contributed by atoms with Crippen molar-refractivity contribution in [3.05, 3.63) is 22.3 Å². The predicted molar refractivity (Wildman–Crippen MR) is 79.7 cm³/mol. The molecule has 1 aliphatic carbocycles. The molecule has 0 spiro atoms. The van der Waals surface area contributed by atoms with E-state index in [1.54, 1.807) is 0 Å². The first kappa shape index (κ1) is 13.8. The summed E-state index contributed by atoms with van der Waals surface area (Å²) >= 11 is 3.44. The Morgan fingerprint density at radius 2 is 2.11 bits per heavy atom. The molecule has 0 amide bonds. The summed E-state index contributed by atoms with van der Waals surface area (Å²) in [5, 5.41) is 3.49. The maximum atomic E-state index is 5.86. The van der Waals surface area contributed by atoms with Crippen molar-refractivity contribution in [2.45, 2.75) is 32.6 Å².